The minimum Gasteiger partial charge on any atom is -0.497 e. The normalized spacial score (nSPS) is 19.1. The van der Waals surface area contributed by atoms with Crippen LogP contribution in [0.1, 0.15) is 32.1 Å². The summed E-state index contributed by atoms with van der Waals surface area (Å²) in [7, 11) is 1.62. The van der Waals surface area contributed by atoms with Crippen molar-refractivity contribution in [2.75, 3.05) is 30.4 Å². The summed E-state index contributed by atoms with van der Waals surface area (Å²) in [6, 6.07) is 9.03. The molecule has 4 rings (SSSR count). The fraction of sp³-hybridized carbons (Fsp3) is 0.500. The summed E-state index contributed by atoms with van der Waals surface area (Å²) in [6.07, 6.45) is 6.67. The lowest BCUT2D eigenvalue weighted by molar-refractivity contribution is -0.117. The van der Waals surface area contributed by atoms with E-state index in [0.717, 1.165) is 49.6 Å². The van der Waals surface area contributed by atoms with Crippen LogP contribution in [0.15, 0.2) is 41.3 Å². The second kappa shape index (κ2) is 8.68. The molecule has 1 saturated heterocycles. The van der Waals surface area contributed by atoms with Gasteiger partial charge in [0.1, 0.15) is 5.75 Å². The van der Waals surface area contributed by atoms with Crippen LogP contribution in [0.25, 0.3) is 0 Å². The number of nitrogens with one attached hydrogen (secondary N) is 1. The number of benzene rings is 1. The first kappa shape index (κ1) is 19.5. The smallest absolute Gasteiger partial charge is 0.268 e. The van der Waals surface area contributed by atoms with Crippen LogP contribution >= 0.6 is 0 Å². The minimum atomic E-state index is -0.0335. The number of anilines is 2. The summed E-state index contributed by atoms with van der Waals surface area (Å²) >= 11 is 0. The third kappa shape index (κ3) is 5.16. The lowest BCUT2D eigenvalue weighted by Gasteiger charge is -2.34. The van der Waals surface area contributed by atoms with Crippen molar-refractivity contribution in [1.29, 1.82) is 0 Å². The molecule has 7 heteroatoms. The van der Waals surface area contributed by atoms with Gasteiger partial charge >= 0.3 is 0 Å². The van der Waals surface area contributed by atoms with Gasteiger partial charge in [0.25, 0.3) is 5.56 Å². The number of nitrogens with zero attached hydrogens (tertiary/aromatic N) is 3. The van der Waals surface area contributed by atoms with Gasteiger partial charge < -0.3 is 15.0 Å². The van der Waals surface area contributed by atoms with Gasteiger partial charge in [0.15, 0.2) is 0 Å². The Morgan fingerprint density at radius 2 is 2.00 bits per heavy atom. The molecule has 29 heavy (non-hydrogen) atoms. The van der Waals surface area contributed by atoms with Crippen molar-refractivity contribution in [3.05, 3.63) is 46.9 Å². The number of piperidine rings is 1. The van der Waals surface area contributed by atoms with Crippen LogP contribution in [0.2, 0.25) is 0 Å². The topological polar surface area (TPSA) is 76.5 Å². The summed E-state index contributed by atoms with van der Waals surface area (Å²) in [5.41, 5.74) is 1.60. The molecule has 1 atom stereocenters. The summed E-state index contributed by atoms with van der Waals surface area (Å²) < 4.78 is 6.71. The van der Waals surface area contributed by atoms with E-state index < -0.39 is 0 Å². The molecule has 0 radical (unpaired) electrons. The Balaban J connectivity index is 1.33. The number of methoxy groups -OCH3 is 1. The first-order valence-electron chi connectivity index (χ1n) is 10.4. The molecule has 1 amide bonds. The van der Waals surface area contributed by atoms with Gasteiger partial charge in [-0.3, -0.25) is 9.59 Å². The molecule has 1 aliphatic carbocycles. The highest BCUT2D eigenvalue weighted by atomic mass is 16.5. The molecule has 0 spiro atoms. The van der Waals surface area contributed by atoms with Crippen LogP contribution in [0, 0.1) is 11.8 Å². The summed E-state index contributed by atoms with van der Waals surface area (Å²) in [4.78, 5) is 27.0. The first-order valence-corrected chi connectivity index (χ1v) is 10.4. The second-order valence-electron chi connectivity index (χ2n) is 8.11. The maximum atomic E-state index is 12.5. The van der Waals surface area contributed by atoms with Crippen LogP contribution in [-0.2, 0) is 11.3 Å². The summed E-state index contributed by atoms with van der Waals surface area (Å²) in [5.74, 6) is 1.66. The molecule has 0 bridgehead atoms. The van der Waals surface area contributed by atoms with Crippen LogP contribution in [-0.4, -0.2) is 35.9 Å². The molecule has 2 aromatic rings. The monoisotopic (exact) mass is 396 g/mol. The molecule has 7 nitrogen and oxygen atoms in total. The van der Waals surface area contributed by atoms with Gasteiger partial charge in [-0.1, -0.05) is 0 Å². The van der Waals surface area contributed by atoms with Gasteiger partial charge in [-0.2, -0.15) is 5.10 Å². The lowest BCUT2D eigenvalue weighted by atomic mass is 9.94. The molecule has 1 unspecified atom stereocenters. The first-order chi connectivity index (χ1) is 14.1. The van der Waals surface area contributed by atoms with E-state index in [9.17, 15) is 9.59 Å². The van der Waals surface area contributed by atoms with E-state index in [1.165, 1.54) is 12.8 Å². The van der Waals surface area contributed by atoms with E-state index in [4.69, 9.17) is 4.74 Å². The Morgan fingerprint density at radius 1 is 1.21 bits per heavy atom. The number of amides is 1. The highest BCUT2D eigenvalue weighted by Gasteiger charge is 2.25. The van der Waals surface area contributed by atoms with E-state index in [2.05, 4.69) is 15.3 Å². The Morgan fingerprint density at radius 3 is 2.69 bits per heavy atom. The zero-order valence-electron chi connectivity index (χ0n) is 16.8. The van der Waals surface area contributed by atoms with Crippen molar-refractivity contribution in [3.8, 4) is 5.75 Å². The van der Waals surface area contributed by atoms with E-state index in [1.54, 1.807) is 24.1 Å². The number of carbonyl (C=O) groups excluding carboxylic acids is 1. The number of hydrogen-bond donors (Lipinski definition) is 1. The van der Waals surface area contributed by atoms with Gasteiger partial charge in [0.2, 0.25) is 5.91 Å². The second-order valence-corrected chi connectivity index (χ2v) is 8.11. The lowest BCUT2D eigenvalue weighted by Crippen LogP contribution is -2.38. The van der Waals surface area contributed by atoms with Crippen molar-refractivity contribution in [2.45, 2.75) is 38.6 Å². The molecule has 2 fully saturated rings. The third-order valence-electron chi connectivity index (χ3n) is 5.72. The standard InChI is InChI=1S/C22H28N4O3/c1-29-20-8-6-18(7-9-20)24-21(27)11-17-3-2-10-25(14-17)19-12-22(28)26(23-13-19)15-16-4-5-16/h6-9,12-13,16-17H,2-5,10-11,14-15H2,1H3,(H,24,27). The number of rotatable bonds is 7. The Bertz CT molecular complexity index is 905. The number of aromatic nitrogens is 2. The Kier molecular flexibility index (Phi) is 5.83. The molecule has 1 N–H and O–H groups in total. The molecular weight excluding hydrogens is 368 g/mol. The van der Waals surface area contributed by atoms with Gasteiger partial charge in [-0.15, -0.1) is 0 Å². The molecular formula is C22H28N4O3. The van der Waals surface area contributed by atoms with Crippen LogP contribution in [0.5, 0.6) is 5.75 Å². The van der Waals surface area contributed by atoms with Crippen molar-refractivity contribution in [3.63, 3.8) is 0 Å². The van der Waals surface area contributed by atoms with E-state index in [-0.39, 0.29) is 17.4 Å². The van der Waals surface area contributed by atoms with Gasteiger partial charge in [-0.25, -0.2) is 4.68 Å². The van der Waals surface area contributed by atoms with Crippen molar-refractivity contribution < 1.29 is 9.53 Å². The predicted octanol–water partition coefficient (Wildman–Crippen LogP) is 2.91. The van der Waals surface area contributed by atoms with Crippen LogP contribution in [0.3, 0.4) is 0 Å². The highest BCUT2D eigenvalue weighted by molar-refractivity contribution is 5.90. The van der Waals surface area contributed by atoms with E-state index in [0.29, 0.717) is 12.3 Å². The number of carbonyl (C=O) groups is 1. The molecule has 2 heterocycles. The van der Waals surface area contributed by atoms with Crippen molar-refractivity contribution >= 4 is 17.3 Å². The zero-order chi connectivity index (χ0) is 20.2. The molecule has 154 valence electrons. The zero-order valence-corrected chi connectivity index (χ0v) is 16.8. The van der Waals surface area contributed by atoms with Gasteiger partial charge in [0, 0.05) is 37.8 Å². The van der Waals surface area contributed by atoms with Crippen LogP contribution < -0.4 is 20.5 Å². The van der Waals surface area contributed by atoms with Gasteiger partial charge in [-0.05, 0) is 61.8 Å². The maximum Gasteiger partial charge on any atom is 0.268 e. The number of ether oxygens (including phenoxy) is 1. The van der Waals surface area contributed by atoms with E-state index >= 15 is 0 Å². The minimum absolute atomic E-state index is 0.0139. The Labute approximate surface area is 170 Å². The fourth-order valence-electron chi connectivity index (χ4n) is 3.89. The Hall–Kier alpha value is -2.83. The van der Waals surface area contributed by atoms with Gasteiger partial charge in [0.05, 0.1) is 19.0 Å². The van der Waals surface area contributed by atoms with E-state index in [1.807, 2.05) is 24.3 Å². The number of hydrogen-bond acceptors (Lipinski definition) is 5. The van der Waals surface area contributed by atoms with Crippen LogP contribution in [0.4, 0.5) is 11.4 Å². The summed E-state index contributed by atoms with van der Waals surface area (Å²) in [6.45, 7) is 2.39. The quantitative estimate of drug-likeness (QED) is 0.779. The molecule has 1 aromatic carbocycles. The highest BCUT2D eigenvalue weighted by Crippen LogP contribution is 2.30. The SMILES string of the molecule is COc1ccc(NC(=O)CC2CCCN(c3cnn(CC4CC4)c(=O)c3)C2)cc1. The third-order valence-corrected chi connectivity index (χ3v) is 5.72. The van der Waals surface area contributed by atoms with Crippen molar-refractivity contribution in [2.24, 2.45) is 11.8 Å². The fourth-order valence-corrected chi connectivity index (χ4v) is 3.89. The average molecular weight is 396 g/mol. The summed E-state index contributed by atoms with van der Waals surface area (Å²) in [5, 5.41) is 7.32. The van der Waals surface area contributed by atoms with Crippen molar-refractivity contribution in [1.82, 2.24) is 9.78 Å². The molecule has 1 aliphatic heterocycles. The largest absolute Gasteiger partial charge is 0.497 e. The predicted molar refractivity (Wildman–Crippen MR) is 112 cm³/mol. The maximum absolute atomic E-state index is 12.5. The molecule has 2 aliphatic rings. The molecule has 1 saturated carbocycles. The molecule has 1 aromatic heterocycles. The average Bonchev–Trinajstić information content (AvgIpc) is 3.54.